The van der Waals surface area contributed by atoms with Gasteiger partial charge in [-0.3, -0.25) is 4.79 Å². The molecule has 3 nitrogen and oxygen atoms in total. The SMILES string of the molecule is CCc1ccc(N[C@H](C(=O)N(CC)CC)c2ccccc2)cc1. The second-order valence-corrected chi connectivity index (χ2v) is 5.55. The molecule has 0 bridgehead atoms. The van der Waals surface area contributed by atoms with Gasteiger partial charge in [0.05, 0.1) is 0 Å². The molecule has 2 rings (SSSR count). The monoisotopic (exact) mass is 310 g/mol. The van der Waals surface area contributed by atoms with Crippen LogP contribution in [0.4, 0.5) is 5.69 Å². The summed E-state index contributed by atoms with van der Waals surface area (Å²) in [6.07, 6.45) is 1.01. The molecule has 1 amide bonds. The van der Waals surface area contributed by atoms with Crippen LogP contribution in [0.15, 0.2) is 54.6 Å². The Morgan fingerprint density at radius 2 is 1.57 bits per heavy atom. The van der Waals surface area contributed by atoms with Gasteiger partial charge < -0.3 is 10.2 Å². The van der Waals surface area contributed by atoms with Crippen molar-refractivity contribution in [3.8, 4) is 0 Å². The van der Waals surface area contributed by atoms with Gasteiger partial charge in [0, 0.05) is 18.8 Å². The predicted molar refractivity (Wildman–Crippen MR) is 96.6 cm³/mol. The first kappa shape index (κ1) is 17.1. The number of nitrogens with zero attached hydrogens (tertiary/aromatic N) is 1. The van der Waals surface area contributed by atoms with E-state index in [0.29, 0.717) is 0 Å². The van der Waals surface area contributed by atoms with E-state index < -0.39 is 0 Å². The Hall–Kier alpha value is -2.29. The van der Waals surface area contributed by atoms with E-state index in [1.807, 2.05) is 61.2 Å². The molecule has 0 aliphatic rings. The third-order valence-corrected chi connectivity index (χ3v) is 4.13. The van der Waals surface area contributed by atoms with Gasteiger partial charge in [0.15, 0.2) is 0 Å². The number of likely N-dealkylation sites (N-methyl/N-ethyl adjacent to an activating group) is 1. The lowest BCUT2D eigenvalue weighted by atomic mass is 10.0. The number of amides is 1. The lowest BCUT2D eigenvalue weighted by Gasteiger charge is -2.27. The number of benzene rings is 2. The molecular weight excluding hydrogens is 284 g/mol. The lowest BCUT2D eigenvalue weighted by Crippen LogP contribution is -2.37. The Labute approximate surface area is 139 Å². The van der Waals surface area contributed by atoms with E-state index in [4.69, 9.17) is 0 Å². The highest BCUT2D eigenvalue weighted by atomic mass is 16.2. The molecule has 2 aromatic carbocycles. The summed E-state index contributed by atoms with van der Waals surface area (Å²) in [6, 6.07) is 17.9. The second-order valence-electron chi connectivity index (χ2n) is 5.55. The van der Waals surface area contributed by atoms with Crippen molar-refractivity contribution in [1.29, 1.82) is 0 Å². The molecule has 122 valence electrons. The summed E-state index contributed by atoms with van der Waals surface area (Å²) in [7, 11) is 0. The molecule has 1 atom stereocenters. The number of aryl methyl sites for hydroxylation is 1. The van der Waals surface area contributed by atoms with Gasteiger partial charge in [-0.1, -0.05) is 49.4 Å². The van der Waals surface area contributed by atoms with Crippen molar-refractivity contribution >= 4 is 11.6 Å². The third kappa shape index (κ3) is 4.35. The van der Waals surface area contributed by atoms with Gasteiger partial charge in [0.2, 0.25) is 5.91 Å². The zero-order valence-electron chi connectivity index (χ0n) is 14.3. The number of nitrogens with one attached hydrogen (secondary N) is 1. The maximum Gasteiger partial charge on any atom is 0.249 e. The molecular formula is C20H26N2O. The summed E-state index contributed by atoms with van der Waals surface area (Å²) in [4.78, 5) is 14.8. The van der Waals surface area contributed by atoms with Crippen LogP contribution in [0.5, 0.6) is 0 Å². The summed E-state index contributed by atoms with van der Waals surface area (Å²) in [5, 5.41) is 3.40. The maximum atomic E-state index is 12.9. The van der Waals surface area contributed by atoms with Gasteiger partial charge in [-0.05, 0) is 43.5 Å². The Bertz CT molecular complexity index is 603. The Balaban J connectivity index is 2.27. The van der Waals surface area contributed by atoms with E-state index in [0.717, 1.165) is 30.8 Å². The van der Waals surface area contributed by atoms with E-state index in [9.17, 15) is 4.79 Å². The largest absolute Gasteiger partial charge is 0.370 e. The fraction of sp³-hybridized carbons (Fsp3) is 0.350. The highest BCUT2D eigenvalue weighted by molar-refractivity contribution is 5.86. The predicted octanol–water partition coefficient (Wildman–Crippen LogP) is 4.27. The third-order valence-electron chi connectivity index (χ3n) is 4.13. The zero-order valence-corrected chi connectivity index (χ0v) is 14.3. The van der Waals surface area contributed by atoms with Gasteiger partial charge >= 0.3 is 0 Å². The summed E-state index contributed by atoms with van der Waals surface area (Å²) in [6.45, 7) is 7.60. The minimum absolute atomic E-state index is 0.112. The van der Waals surface area contributed by atoms with Crippen LogP contribution in [0.1, 0.15) is 37.9 Å². The average molecular weight is 310 g/mol. The quantitative estimate of drug-likeness (QED) is 0.828. The first-order valence-corrected chi connectivity index (χ1v) is 8.38. The van der Waals surface area contributed by atoms with E-state index in [1.54, 1.807) is 0 Å². The summed E-state index contributed by atoms with van der Waals surface area (Å²) < 4.78 is 0. The molecule has 23 heavy (non-hydrogen) atoms. The van der Waals surface area contributed by atoms with Crippen LogP contribution in [0.25, 0.3) is 0 Å². The Kier molecular flexibility index (Phi) is 6.21. The van der Waals surface area contributed by atoms with E-state index >= 15 is 0 Å². The van der Waals surface area contributed by atoms with E-state index in [2.05, 4.69) is 24.4 Å². The lowest BCUT2D eigenvalue weighted by molar-refractivity contribution is -0.131. The number of hydrogen-bond donors (Lipinski definition) is 1. The molecule has 0 unspecified atom stereocenters. The van der Waals surface area contributed by atoms with Gasteiger partial charge in [-0.2, -0.15) is 0 Å². The number of rotatable bonds is 7. The molecule has 0 spiro atoms. The molecule has 1 N–H and O–H groups in total. The fourth-order valence-corrected chi connectivity index (χ4v) is 2.65. The van der Waals surface area contributed by atoms with Crippen LogP contribution in [-0.4, -0.2) is 23.9 Å². The molecule has 0 heterocycles. The molecule has 2 aromatic rings. The van der Waals surface area contributed by atoms with Crippen molar-refractivity contribution in [3.05, 3.63) is 65.7 Å². The van der Waals surface area contributed by atoms with Crippen molar-refractivity contribution < 1.29 is 4.79 Å². The number of hydrogen-bond acceptors (Lipinski definition) is 2. The second kappa shape index (κ2) is 8.37. The first-order valence-electron chi connectivity index (χ1n) is 8.38. The standard InChI is InChI=1S/C20H26N2O/c1-4-16-12-14-18(15-13-16)21-19(17-10-8-7-9-11-17)20(23)22(5-2)6-3/h7-15,19,21H,4-6H2,1-3H3/t19-/m0/s1. The molecule has 0 aliphatic heterocycles. The van der Waals surface area contributed by atoms with Crippen LogP contribution in [0, 0.1) is 0 Å². The van der Waals surface area contributed by atoms with Gasteiger partial charge in [-0.15, -0.1) is 0 Å². The molecule has 0 aliphatic carbocycles. The molecule has 3 heteroatoms. The highest BCUT2D eigenvalue weighted by Gasteiger charge is 2.24. The average Bonchev–Trinajstić information content (AvgIpc) is 2.62. The van der Waals surface area contributed by atoms with Crippen LogP contribution in [0.3, 0.4) is 0 Å². The smallest absolute Gasteiger partial charge is 0.249 e. The van der Waals surface area contributed by atoms with Gasteiger partial charge in [0.1, 0.15) is 6.04 Å². The fourth-order valence-electron chi connectivity index (χ4n) is 2.65. The normalized spacial score (nSPS) is 11.8. The minimum atomic E-state index is -0.358. The first-order chi connectivity index (χ1) is 11.2. The molecule has 0 radical (unpaired) electrons. The Morgan fingerprint density at radius 1 is 0.957 bits per heavy atom. The van der Waals surface area contributed by atoms with Crippen molar-refractivity contribution in [2.45, 2.75) is 33.2 Å². The topological polar surface area (TPSA) is 32.3 Å². The van der Waals surface area contributed by atoms with Crippen molar-refractivity contribution in [1.82, 2.24) is 4.90 Å². The summed E-state index contributed by atoms with van der Waals surface area (Å²) in [5.74, 6) is 0.112. The number of carbonyl (C=O) groups is 1. The molecule has 0 fully saturated rings. The van der Waals surface area contributed by atoms with Crippen molar-refractivity contribution in [2.24, 2.45) is 0 Å². The maximum absolute atomic E-state index is 12.9. The summed E-state index contributed by atoms with van der Waals surface area (Å²) >= 11 is 0. The van der Waals surface area contributed by atoms with Crippen LogP contribution in [0.2, 0.25) is 0 Å². The van der Waals surface area contributed by atoms with Gasteiger partial charge in [0.25, 0.3) is 0 Å². The molecule has 0 aromatic heterocycles. The molecule has 0 saturated carbocycles. The highest BCUT2D eigenvalue weighted by Crippen LogP contribution is 2.22. The van der Waals surface area contributed by atoms with Crippen LogP contribution >= 0.6 is 0 Å². The zero-order chi connectivity index (χ0) is 16.7. The molecule has 0 saturated heterocycles. The van der Waals surface area contributed by atoms with Crippen LogP contribution < -0.4 is 5.32 Å². The van der Waals surface area contributed by atoms with Crippen molar-refractivity contribution in [3.63, 3.8) is 0 Å². The number of carbonyl (C=O) groups excluding carboxylic acids is 1. The van der Waals surface area contributed by atoms with Gasteiger partial charge in [-0.25, -0.2) is 0 Å². The minimum Gasteiger partial charge on any atom is -0.370 e. The van der Waals surface area contributed by atoms with Crippen molar-refractivity contribution in [2.75, 3.05) is 18.4 Å². The van der Waals surface area contributed by atoms with E-state index in [-0.39, 0.29) is 11.9 Å². The Morgan fingerprint density at radius 3 is 2.09 bits per heavy atom. The van der Waals surface area contributed by atoms with Crippen LogP contribution in [-0.2, 0) is 11.2 Å². The van der Waals surface area contributed by atoms with E-state index in [1.165, 1.54) is 5.56 Å². The number of anilines is 1. The summed E-state index contributed by atoms with van der Waals surface area (Å²) in [5.41, 5.74) is 3.25.